The van der Waals surface area contributed by atoms with Crippen molar-refractivity contribution in [3.63, 3.8) is 0 Å². The average molecular weight is 389 g/mol. The maximum Gasteiger partial charge on any atom is 0.311 e. The molecule has 0 aliphatic heterocycles. The molecule has 1 aromatic carbocycles. The summed E-state index contributed by atoms with van der Waals surface area (Å²) in [7, 11) is 1.44. The Hall–Kier alpha value is -1.88. The van der Waals surface area contributed by atoms with Gasteiger partial charge >= 0.3 is 11.9 Å². The zero-order chi connectivity index (χ0) is 20.9. The van der Waals surface area contributed by atoms with Crippen LogP contribution in [0.5, 0.6) is 0 Å². The van der Waals surface area contributed by atoms with Crippen LogP contribution in [0.25, 0.3) is 0 Å². The number of hydrogen-bond donors (Lipinski definition) is 1. The molecule has 0 heterocycles. The van der Waals surface area contributed by atoms with Crippen LogP contribution in [-0.4, -0.2) is 24.2 Å². The average Bonchev–Trinajstić information content (AvgIpc) is 2.61. The van der Waals surface area contributed by atoms with Crippen LogP contribution in [0.4, 0.5) is 0 Å². The van der Waals surface area contributed by atoms with E-state index in [1.807, 2.05) is 25.1 Å². The highest BCUT2D eigenvalue weighted by Crippen LogP contribution is 2.60. The lowest BCUT2D eigenvalue weighted by Gasteiger charge is -2.55. The number of rotatable bonds is 3. The molecule has 0 radical (unpaired) electrons. The molecule has 154 valence electrons. The van der Waals surface area contributed by atoms with Crippen LogP contribution in [-0.2, 0) is 30.1 Å². The van der Waals surface area contributed by atoms with Gasteiger partial charge in [-0.2, -0.15) is 0 Å². The highest BCUT2D eigenvalue weighted by atomic mass is 16.5. The number of fused-ring (bicyclic) bond motifs is 3. The lowest BCUT2D eigenvalue weighted by molar-refractivity contribution is -0.165. The molecule has 0 bridgehead atoms. The van der Waals surface area contributed by atoms with Gasteiger partial charge in [-0.15, -0.1) is 0 Å². The number of esters is 2. The van der Waals surface area contributed by atoms with Gasteiger partial charge in [-0.1, -0.05) is 25.5 Å². The molecule has 28 heavy (non-hydrogen) atoms. The normalized spacial score (nSPS) is 32.1. The van der Waals surface area contributed by atoms with Crippen LogP contribution < -0.4 is 0 Å². The Morgan fingerprint density at radius 3 is 2.46 bits per heavy atom. The number of benzene rings is 1. The maximum absolute atomic E-state index is 12.7. The summed E-state index contributed by atoms with van der Waals surface area (Å²) in [5.41, 5.74) is 1.02. The summed E-state index contributed by atoms with van der Waals surface area (Å²) in [6.45, 7) is 9.11. The summed E-state index contributed by atoms with van der Waals surface area (Å²) in [6.07, 6.45) is 2.80. The first kappa shape index (κ1) is 20.8. The fourth-order valence-corrected chi connectivity index (χ4v) is 5.58. The van der Waals surface area contributed by atoms with E-state index in [0.29, 0.717) is 6.42 Å². The van der Waals surface area contributed by atoms with Crippen molar-refractivity contribution < 1.29 is 24.2 Å². The smallest absolute Gasteiger partial charge is 0.311 e. The molecule has 5 nitrogen and oxygen atoms in total. The molecule has 4 atom stereocenters. The monoisotopic (exact) mass is 388 g/mol. The lowest BCUT2D eigenvalue weighted by atomic mass is 9.49. The zero-order valence-corrected chi connectivity index (χ0v) is 17.8. The molecule has 2 aliphatic carbocycles. The fraction of sp³-hybridized carbons (Fsp3) is 0.652. The van der Waals surface area contributed by atoms with Crippen molar-refractivity contribution in [2.24, 2.45) is 11.3 Å². The zero-order valence-electron chi connectivity index (χ0n) is 17.8. The van der Waals surface area contributed by atoms with E-state index in [1.54, 1.807) is 13.8 Å². The molecule has 1 N–H and O–H groups in total. The molecule has 0 aromatic heterocycles. The van der Waals surface area contributed by atoms with Gasteiger partial charge in [0.15, 0.2) is 0 Å². The molecule has 3 rings (SSSR count). The van der Waals surface area contributed by atoms with E-state index in [0.717, 1.165) is 36.0 Å². The molecule has 2 aliphatic rings. The van der Waals surface area contributed by atoms with Crippen LogP contribution in [0, 0.1) is 11.3 Å². The Morgan fingerprint density at radius 2 is 1.89 bits per heavy atom. The number of methoxy groups -OCH3 is 1. The Kier molecular flexibility index (Phi) is 5.11. The van der Waals surface area contributed by atoms with E-state index in [1.165, 1.54) is 14.0 Å². The van der Waals surface area contributed by atoms with Crippen LogP contribution in [0.15, 0.2) is 18.2 Å². The van der Waals surface area contributed by atoms with Crippen molar-refractivity contribution in [2.75, 3.05) is 7.11 Å². The highest BCUT2D eigenvalue weighted by Gasteiger charge is 2.57. The first-order chi connectivity index (χ1) is 12.9. The number of carbonyl (C=O) groups excluding carboxylic acids is 2. The van der Waals surface area contributed by atoms with Crippen molar-refractivity contribution in [1.29, 1.82) is 0 Å². The largest absolute Gasteiger partial charge is 0.469 e. The molecule has 5 heteroatoms. The molecular weight excluding hydrogens is 356 g/mol. The molecule has 1 fully saturated rings. The summed E-state index contributed by atoms with van der Waals surface area (Å²) in [5, 5.41) is 10.5. The van der Waals surface area contributed by atoms with Crippen molar-refractivity contribution in [1.82, 2.24) is 0 Å². The van der Waals surface area contributed by atoms with Gasteiger partial charge in [0.05, 0.1) is 18.1 Å². The number of carbonyl (C=O) groups is 2. The van der Waals surface area contributed by atoms with E-state index in [4.69, 9.17) is 9.47 Å². The second kappa shape index (κ2) is 6.87. The topological polar surface area (TPSA) is 72.8 Å². The van der Waals surface area contributed by atoms with Crippen LogP contribution >= 0.6 is 0 Å². The number of ether oxygens (including phenoxy) is 2. The third-order valence-corrected chi connectivity index (χ3v) is 7.06. The van der Waals surface area contributed by atoms with E-state index in [9.17, 15) is 14.7 Å². The first-order valence-corrected chi connectivity index (χ1v) is 10.1. The van der Waals surface area contributed by atoms with Gasteiger partial charge < -0.3 is 14.6 Å². The SMILES string of the molecule is COC(=O)[C@]1(C)CCC[C@]2(C)c3ccc(C(C)(C)O)cc3[C@@H](OC(C)=O)C[C@@H]12. The van der Waals surface area contributed by atoms with Gasteiger partial charge in [-0.05, 0) is 74.1 Å². The summed E-state index contributed by atoms with van der Waals surface area (Å²) in [4.78, 5) is 24.6. The highest BCUT2D eigenvalue weighted by molar-refractivity contribution is 5.77. The third kappa shape index (κ3) is 3.24. The second-order valence-electron chi connectivity index (χ2n) is 9.43. The van der Waals surface area contributed by atoms with Crippen LogP contribution in [0.2, 0.25) is 0 Å². The van der Waals surface area contributed by atoms with Crippen LogP contribution in [0.3, 0.4) is 0 Å². The molecule has 1 saturated carbocycles. The minimum atomic E-state index is -0.985. The predicted octanol–water partition coefficient (Wildman–Crippen LogP) is 4.16. The Bertz CT molecular complexity index is 793. The number of hydrogen-bond acceptors (Lipinski definition) is 5. The van der Waals surface area contributed by atoms with E-state index >= 15 is 0 Å². The molecule has 0 amide bonds. The van der Waals surface area contributed by atoms with Crippen LogP contribution in [0.1, 0.15) is 83.1 Å². The Labute approximate surface area is 167 Å². The van der Waals surface area contributed by atoms with Crippen molar-refractivity contribution in [3.8, 4) is 0 Å². The lowest BCUT2D eigenvalue weighted by Crippen LogP contribution is -2.53. The van der Waals surface area contributed by atoms with E-state index in [2.05, 4.69) is 6.92 Å². The number of aliphatic hydroxyl groups is 1. The van der Waals surface area contributed by atoms with Gasteiger partial charge in [0, 0.05) is 6.92 Å². The minimum absolute atomic E-state index is 0.00559. The van der Waals surface area contributed by atoms with Crippen molar-refractivity contribution in [2.45, 2.75) is 77.4 Å². The standard InChI is InChI=1S/C23H32O5/c1-14(24)28-18-13-19-22(4,10-7-11-23(19,5)20(25)27-6)17-9-8-15(12-16(17)18)21(2,3)26/h8-9,12,18-19,26H,7,10-11,13H2,1-6H3/t18-,19+,22+,23+/m0/s1. The van der Waals surface area contributed by atoms with Crippen molar-refractivity contribution >= 4 is 11.9 Å². The summed E-state index contributed by atoms with van der Waals surface area (Å²) < 4.78 is 10.9. The van der Waals surface area contributed by atoms with Gasteiger partial charge in [0.1, 0.15) is 6.10 Å². The Morgan fingerprint density at radius 1 is 1.21 bits per heavy atom. The quantitative estimate of drug-likeness (QED) is 0.787. The van der Waals surface area contributed by atoms with Crippen molar-refractivity contribution in [3.05, 3.63) is 34.9 Å². The molecule has 0 spiro atoms. The van der Waals surface area contributed by atoms with Gasteiger partial charge in [-0.25, -0.2) is 0 Å². The predicted molar refractivity (Wildman–Crippen MR) is 106 cm³/mol. The van der Waals surface area contributed by atoms with Gasteiger partial charge in [-0.3, -0.25) is 9.59 Å². The first-order valence-electron chi connectivity index (χ1n) is 10.1. The third-order valence-electron chi connectivity index (χ3n) is 7.06. The molecular formula is C23H32O5. The summed E-state index contributed by atoms with van der Waals surface area (Å²) in [6, 6.07) is 5.96. The van der Waals surface area contributed by atoms with E-state index < -0.39 is 17.1 Å². The fourth-order valence-electron chi connectivity index (χ4n) is 5.58. The second-order valence-corrected chi connectivity index (χ2v) is 9.43. The van der Waals surface area contributed by atoms with E-state index in [-0.39, 0.29) is 23.3 Å². The maximum atomic E-state index is 12.7. The molecule has 0 unspecified atom stereocenters. The molecule has 0 saturated heterocycles. The molecule has 1 aromatic rings. The van der Waals surface area contributed by atoms with Gasteiger partial charge in [0.2, 0.25) is 0 Å². The minimum Gasteiger partial charge on any atom is -0.469 e. The Balaban J connectivity index is 2.18. The van der Waals surface area contributed by atoms with Gasteiger partial charge in [0.25, 0.3) is 0 Å². The summed E-state index contributed by atoms with van der Waals surface area (Å²) >= 11 is 0. The summed E-state index contributed by atoms with van der Waals surface area (Å²) in [5.74, 6) is -0.531.